The maximum absolute atomic E-state index is 5.27. The fourth-order valence-electron chi connectivity index (χ4n) is 2.18. The molecular weight excluding hydrogens is 306 g/mol. The van der Waals surface area contributed by atoms with Crippen LogP contribution in [0.4, 0.5) is 5.69 Å². The zero-order valence-electron chi connectivity index (χ0n) is 12.9. The lowest BCUT2D eigenvalue weighted by Crippen LogP contribution is -2.25. The predicted molar refractivity (Wildman–Crippen MR) is 98.8 cm³/mol. The standard InChI is InChI=1S/C17H17N5S/c1-11-7-3-4-8-13(11)20-17(23)22-21-12(2)16-18-14-9-5-6-10-15(14)19-16/h3-10H,1-2H3,(H,18,19)(H2,20,22,23)/b21-12-. The molecule has 6 heteroatoms. The van der Waals surface area contributed by atoms with Gasteiger partial charge in [-0.2, -0.15) is 5.10 Å². The second kappa shape index (κ2) is 6.58. The van der Waals surface area contributed by atoms with Gasteiger partial charge in [0.05, 0.1) is 11.0 Å². The van der Waals surface area contributed by atoms with Crippen LogP contribution in [0.2, 0.25) is 0 Å². The first-order chi connectivity index (χ1) is 11.1. The van der Waals surface area contributed by atoms with E-state index in [4.69, 9.17) is 12.2 Å². The number of aromatic amines is 1. The van der Waals surface area contributed by atoms with E-state index in [2.05, 4.69) is 25.8 Å². The van der Waals surface area contributed by atoms with Crippen molar-refractivity contribution in [1.82, 2.24) is 15.4 Å². The van der Waals surface area contributed by atoms with Gasteiger partial charge < -0.3 is 10.3 Å². The first-order valence-electron chi connectivity index (χ1n) is 7.25. The molecule has 1 heterocycles. The van der Waals surface area contributed by atoms with Crippen LogP contribution in [0.1, 0.15) is 18.3 Å². The fourth-order valence-corrected chi connectivity index (χ4v) is 2.33. The number of aromatic nitrogens is 2. The molecule has 0 unspecified atom stereocenters. The summed E-state index contributed by atoms with van der Waals surface area (Å²) in [4.78, 5) is 7.73. The van der Waals surface area contributed by atoms with Crippen LogP contribution < -0.4 is 10.7 Å². The summed E-state index contributed by atoms with van der Waals surface area (Å²) in [6.07, 6.45) is 0. The predicted octanol–water partition coefficient (Wildman–Crippen LogP) is 3.58. The van der Waals surface area contributed by atoms with E-state index in [0.717, 1.165) is 33.8 Å². The lowest BCUT2D eigenvalue weighted by molar-refractivity contribution is 1.03. The molecule has 3 rings (SSSR count). The molecule has 0 atom stereocenters. The van der Waals surface area contributed by atoms with Gasteiger partial charge in [0.15, 0.2) is 10.9 Å². The summed E-state index contributed by atoms with van der Waals surface area (Å²) in [6.45, 7) is 3.90. The number of para-hydroxylation sites is 3. The Morgan fingerprint density at radius 3 is 2.65 bits per heavy atom. The molecule has 0 saturated heterocycles. The third kappa shape index (κ3) is 3.54. The number of fused-ring (bicyclic) bond motifs is 1. The Morgan fingerprint density at radius 1 is 1.13 bits per heavy atom. The van der Waals surface area contributed by atoms with Crippen LogP contribution in [0.15, 0.2) is 53.6 Å². The van der Waals surface area contributed by atoms with Crippen molar-refractivity contribution in [2.75, 3.05) is 5.32 Å². The summed E-state index contributed by atoms with van der Waals surface area (Å²) in [5.41, 5.74) is 7.56. The molecule has 0 bridgehead atoms. The third-order valence-electron chi connectivity index (χ3n) is 3.45. The highest BCUT2D eigenvalue weighted by Crippen LogP contribution is 2.13. The number of benzene rings is 2. The highest BCUT2D eigenvalue weighted by atomic mass is 32.1. The van der Waals surface area contributed by atoms with Crippen molar-refractivity contribution < 1.29 is 0 Å². The van der Waals surface area contributed by atoms with Crippen molar-refractivity contribution in [2.24, 2.45) is 5.10 Å². The van der Waals surface area contributed by atoms with Crippen molar-refractivity contribution >= 4 is 39.8 Å². The van der Waals surface area contributed by atoms with Gasteiger partial charge in [0, 0.05) is 5.69 Å². The molecule has 1 aromatic heterocycles. The number of hydrazone groups is 1. The van der Waals surface area contributed by atoms with Gasteiger partial charge in [0.1, 0.15) is 5.71 Å². The van der Waals surface area contributed by atoms with E-state index in [1.807, 2.05) is 62.4 Å². The second-order valence-electron chi connectivity index (χ2n) is 5.18. The molecule has 23 heavy (non-hydrogen) atoms. The number of anilines is 1. The average molecular weight is 323 g/mol. The molecular formula is C17H17N5S. The average Bonchev–Trinajstić information content (AvgIpc) is 2.99. The number of imidazole rings is 1. The van der Waals surface area contributed by atoms with Crippen molar-refractivity contribution in [3.05, 3.63) is 59.9 Å². The number of hydrogen-bond acceptors (Lipinski definition) is 3. The minimum absolute atomic E-state index is 0.440. The van der Waals surface area contributed by atoms with E-state index in [1.165, 1.54) is 0 Å². The lowest BCUT2D eigenvalue weighted by atomic mass is 10.2. The monoisotopic (exact) mass is 323 g/mol. The number of H-pyrrole nitrogens is 1. The van der Waals surface area contributed by atoms with Crippen molar-refractivity contribution in [2.45, 2.75) is 13.8 Å². The van der Waals surface area contributed by atoms with Crippen LogP contribution in [0, 0.1) is 6.92 Å². The first kappa shape index (κ1) is 15.2. The van der Waals surface area contributed by atoms with Crippen LogP contribution in [0.3, 0.4) is 0 Å². The molecule has 0 fully saturated rings. The van der Waals surface area contributed by atoms with E-state index >= 15 is 0 Å². The van der Waals surface area contributed by atoms with Gasteiger partial charge in [0.25, 0.3) is 0 Å². The summed E-state index contributed by atoms with van der Waals surface area (Å²) in [6, 6.07) is 15.8. The number of thiocarbonyl (C=S) groups is 1. The summed E-state index contributed by atoms with van der Waals surface area (Å²) in [7, 11) is 0. The Kier molecular flexibility index (Phi) is 4.34. The smallest absolute Gasteiger partial charge is 0.191 e. The number of rotatable bonds is 3. The van der Waals surface area contributed by atoms with E-state index in [9.17, 15) is 0 Å². The summed E-state index contributed by atoms with van der Waals surface area (Å²) in [5.74, 6) is 0.720. The molecule has 0 aliphatic rings. The van der Waals surface area contributed by atoms with Crippen LogP contribution in [0.25, 0.3) is 11.0 Å². The van der Waals surface area contributed by atoms with E-state index in [0.29, 0.717) is 5.11 Å². The minimum atomic E-state index is 0.440. The zero-order valence-corrected chi connectivity index (χ0v) is 13.7. The summed E-state index contributed by atoms with van der Waals surface area (Å²) < 4.78 is 0. The van der Waals surface area contributed by atoms with Gasteiger partial charge in [-0.15, -0.1) is 0 Å². The van der Waals surface area contributed by atoms with Crippen LogP contribution in [-0.4, -0.2) is 20.8 Å². The zero-order chi connectivity index (χ0) is 16.2. The van der Waals surface area contributed by atoms with E-state index in [1.54, 1.807) is 0 Å². The molecule has 0 spiro atoms. The SMILES string of the molecule is C/C(=N/NC(=S)Nc1ccccc1C)c1nc2ccccc2[nH]1. The van der Waals surface area contributed by atoms with Crippen LogP contribution >= 0.6 is 12.2 Å². The van der Waals surface area contributed by atoms with Gasteiger partial charge in [-0.1, -0.05) is 30.3 Å². The van der Waals surface area contributed by atoms with E-state index < -0.39 is 0 Å². The number of hydrogen-bond donors (Lipinski definition) is 3. The van der Waals surface area contributed by atoms with Crippen LogP contribution in [0.5, 0.6) is 0 Å². The minimum Gasteiger partial charge on any atom is -0.337 e. The molecule has 0 saturated carbocycles. The Labute approximate surface area is 139 Å². The van der Waals surface area contributed by atoms with Gasteiger partial charge in [-0.25, -0.2) is 4.98 Å². The first-order valence-corrected chi connectivity index (χ1v) is 7.66. The Balaban J connectivity index is 1.69. The Hall–Kier alpha value is -2.73. The van der Waals surface area contributed by atoms with E-state index in [-0.39, 0.29) is 0 Å². The molecule has 5 nitrogen and oxygen atoms in total. The maximum atomic E-state index is 5.27. The highest BCUT2D eigenvalue weighted by molar-refractivity contribution is 7.80. The van der Waals surface area contributed by atoms with Gasteiger partial charge in [-0.3, -0.25) is 5.43 Å². The Morgan fingerprint density at radius 2 is 1.87 bits per heavy atom. The summed E-state index contributed by atoms with van der Waals surface area (Å²) in [5, 5.41) is 7.85. The third-order valence-corrected chi connectivity index (χ3v) is 3.64. The van der Waals surface area contributed by atoms with Gasteiger partial charge in [-0.05, 0) is 49.8 Å². The maximum Gasteiger partial charge on any atom is 0.191 e. The van der Waals surface area contributed by atoms with Crippen LogP contribution in [-0.2, 0) is 0 Å². The van der Waals surface area contributed by atoms with Gasteiger partial charge >= 0.3 is 0 Å². The molecule has 0 radical (unpaired) electrons. The topological polar surface area (TPSA) is 65.1 Å². The molecule has 116 valence electrons. The number of aryl methyl sites for hydroxylation is 1. The molecule has 0 aliphatic heterocycles. The van der Waals surface area contributed by atoms with Crippen molar-refractivity contribution in [3.63, 3.8) is 0 Å². The largest absolute Gasteiger partial charge is 0.337 e. The lowest BCUT2D eigenvalue weighted by Gasteiger charge is -2.09. The highest BCUT2D eigenvalue weighted by Gasteiger charge is 2.05. The molecule has 0 aliphatic carbocycles. The molecule has 3 aromatic rings. The Bertz CT molecular complexity index is 848. The number of nitrogens with zero attached hydrogens (tertiary/aromatic N) is 2. The molecule has 0 amide bonds. The summed E-state index contributed by atoms with van der Waals surface area (Å²) >= 11 is 5.27. The fraction of sp³-hybridized carbons (Fsp3) is 0.118. The second-order valence-corrected chi connectivity index (χ2v) is 5.59. The van der Waals surface area contributed by atoms with Crippen molar-refractivity contribution in [1.29, 1.82) is 0 Å². The molecule has 2 aromatic carbocycles. The normalized spacial score (nSPS) is 11.5. The van der Waals surface area contributed by atoms with Gasteiger partial charge in [0.2, 0.25) is 0 Å². The molecule has 3 N–H and O–H groups in total. The quantitative estimate of drug-likeness (QED) is 0.391. The number of nitrogens with one attached hydrogen (secondary N) is 3. The van der Waals surface area contributed by atoms with Crippen molar-refractivity contribution in [3.8, 4) is 0 Å².